The van der Waals surface area contributed by atoms with Gasteiger partial charge in [0, 0.05) is 12.3 Å². The predicted octanol–water partition coefficient (Wildman–Crippen LogP) is 1.57. The number of nitrogen functional groups attached to an aromatic ring is 1. The van der Waals surface area contributed by atoms with E-state index in [0.29, 0.717) is 23.7 Å². The second-order valence-electron chi connectivity index (χ2n) is 3.34. The van der Waals surface area contributed by atoms with E-state index in [4.69, 9.17) is 23.8 Å². The summed E-state index contributed by atoms with van der Waals surface area (Å²) in [5, 5.41) is 0.222. The van der Waals surface area contributed by atoms with Gasteiger partial charge in [-0.15, -0.1) is 18.2 Å². The van der Waals surface area contributed by atoms with Crippen molar-refractivity contribution in [1.29, 1.82) is 0 Å². The van der Waals surface area contributed by atoms with Crippen LogP contribution in [0.25, 0.3) is 0 Å². The van der Waals surface area contributed by atoms with E-state index in [1.807, 2.05) is 0 Å². The third-order valence-corrected chi connectivity index (χ3v) is 4.66. The van der Waals surface area contributed by atoms with E-state index < -0.39 is 10.0 Å². The molecular weight excluding hydrogens is 292 g/mol. The minimum absolute atomic E-state index is 0.101. The average Bonchev–Trinajstić information content (AvgIpc) is 2.32. The lowest BCUT2D eigenvalue weighted by Crippen LogP contribution is -2.26. The third-order valence-electron chi connectivity index (χ3n) is 2.01. The molecule has 1 aromatic rings. The topological polar surface area (TPSA) is 72.2 Å². The van der Waals surface area contributed by atoms with E-state index in [-0.39, 0.29) is 9.92 Å². The van der Waals surface area contributed by atoms with Crippen LogP contribution in [-0.4, -0.2) is 26.5 Å². The summed E-state index contributed by atoms with van der Waals surface area (Å²) in [6, 6.07) is 4.20. The van der Waals surface area contributed by atoms with E-state index >= 15 is 0 Å². The maximum Gasteiger partial charge on any atom is 0.240 e. The number of rotatable bonds is 6. The number of terminal acetylenes is 1. The van der Waals surface area contributed by atoms with Crippen LogP contribution in [0.15, 0.2) is 23.1 Å². The lowest BCUT2D eigenvalue weighted by molar-refractivity contribution is 0.584. The SMILES string of the molecule is C#CCSCCNS(=O)(=O)c1ccc(N)c(Cl)c1. The van der Waals surface area contributed by atoms with Crippen molar-refractivity contribution in [2.24, 2.45) is 0 Å². The Labute approximate surface area is 116 Å². The Morgan fingerprint density at radius 3 is 2.83 bits per heavy atom. The van der Waals surface area contributed by atoms with Crippen LogP contribution in [0.3, 0.4) is 0 Å². The quantitative estimate of drug-likeness (QED) is 0.475. The number of thioether (sulfide) groups is 1. The smallest absolute Gasteiger partial charge is 0.240 e. The molecule has 7 heteroatoms. The van der Waals surface area contributed by atoms with Crippen molar-refractivity contribution in [2.75, 3.05) is 23.8 Å². The standard InChI is InChI=1S/C11H13ClN2O2S2/c1-2-6-17-7-5-14-18(15,16)9-3-4-11(13)10(12)8-9/h1,3-4,8,14H,5-7,13H2. The molecule has 18 heavy (non-hydrogen) atoms. The van der Waals surface area contributed by atoms with Gasteiger partial charge < -0.3 is 5.73 Å². The molecule has 0 saturated carbocycles. The zero-order chi connectivity index (χ0) is 13.6. The summed E-state index contributed by atoms with van der Waals surface area (Å²) in [4.78, 5) is 0.101. The predicted molar refractivity (Wildman–Crippen MR) is 77.2 cm³/mol. The van der Waals surface area contributed by atoms with Crippen LogP contribution in [0.5, 0.6) is 0 Å². The highest BCUT2D eigenvalue weighted by Gasteiger charge is 2.14. The molecule has 1 rings (SSSR count). The number of sulfonamides is 1. The van der Waals surface area contributed by atoms with Gasteiger partial charge in [-0.3, -0.25) is 0 Å². The maximum absolute atomic E-state index is 11.9. The molecule has 0 unspecified atom stereocenters. The minimum atomic E-state index is -3.54. The van der Waals surface area contributed by atoms with Gasteiger partial charge in [0.05, 0.1) is 21.4 Å². The number of nitrogens with two attached hydrogens (primary N) is 1. The first-order chi connectivity index (χ1) is 8.47. The van der Waals surface area contributed by atoms with Gasteiger partial charge >= 0.3 is 0 Å². The van der Waals surface area contributed by atoms with Gasteiger partial charge in [-0.05, 0) is 18.2 Å². The van der Waals surface area contributed by atoms with E-state index in [2.05, 4.69) is 10.6 Å². The highest BCUT2D eigenvalue weighted by atomic mass is 35.5. The van der Waals surface area contributed by atoms with Crippen LogP contribution in [-0.2, 0) is 10.0 Å². The van der Waals surface area contributed by atoms with Crippen molar-refractivity contribution in [1.82, 2.24) is 4.72 Å². The normalized spacial score (nSPS) is 11.1. The molecule has 0 radical (unpaired) electrons. The Bertz CT molecular complexity index is 553. The van der Waals surface area contributed by atoms with E-state index in [9.17, 15) is 8.42 Å². The maximum atomic E-state index is 11.9. The minimum Gasteiger partial charge on any atom is -0.398 e. The molecule has 0 bridgehead atoms. The Morgan fingerprint density at radius 2 is 2.22 bits per heavy atom. The van der Waals surface area contributed by atoms with Gasteiger partial charge in [0.2, 0.25) is 10.0 Å². The molecule has 0 heterocycles. The molecule has 0 aliphatic heterocycles. The highest BCUT2D eigenvalue weighted by Crippen LogP contribution is 2.22. The molecular formula is C11H13ClN2O2S2. The number of hydrogen-bond donors (Lipinski definition) is 2. The van der Waals surface area contributed by atoms with Crippen LogP contribution >= 0.6 is 23.4 Å². The summed E-state index contributed by atoms with van der Waals surface area (Å²) >= 11 is 7.26. The summed E-state index contributed by atoms with van der Waals surface area (Å²) in [6.07, 6.45) is 5.08. The Kier molecular flexibility index (Phi) is 5.82. The average molecular weight is 305 g/mol. The largest absolute Gasteiger partial charge is 0.398 e. The molecule has 0 aliphatic rings. The van der Waals surface area contributed by atoms with Gasteiger partial charge in [-0.25, -0.2) is 13.1 Å². The van der Waals surface area contributed by atoms with Crippen molar-refractivity contribution < 1.29 is 8.42 Å². The summed E-state index contributed by atoms with van der Waals surface area (Å²) < 4.78 is 26.2. The lowest BCUT2D eigenvalue weighted by atomic mass is 10.3. The highest BCUT2D eigenvalue weighted by molar-refractivity contribution is 7.99. The van der Waals surface area contributed by atoms with Gasteiger partial charge in [0.25, 0.3) is 0 Å². The van der Waals surface area contributed by atoms with Crippen molar-refractivity contribution in [2.45, 2.75) is 4.90 Å². The number of nitrogens with one attached hydrogen (secondary N) is 1. The molecule has 0 amide bonds. The first-order valence-corrected chi connectivity index (χ1v) is 8.05. The molecule has 0 fully saturated rings. The monoisotopic (exact) mass is 304 g/mol. The number of hydrogen-bond acceptors (Lipinski definition) is 4. The lowest BCUT2D eigenvalue weighted by Gasteiger charge is -2.07. The number of anilines is 1. The van der Waals surface area contributed by atoms with Gasteiger partial charge in [-0.1, -0.05) is 17.5 Å². The van der Waals surface area contributed by atoms with E-state index in [0.717, 1.165) is 0 Å². The molecule has 4 nitrogen and oxygen atoms in total. The van der Waals surface area contributed by atoms with Crippen molar-refractivity contribution in [3.05, 3.63) is 23.2 Å². The second kappa shape index (κ2) is 6.90. The van der Waals surface area contributed by atoms with Gasteiger partial charge in [0.1, 0.15) is 0 Å². The van der Waals surface area contributed by atoms with Crippen LogP contribution in [0, 0.1) is 12.3 Å². The Balaban J connectivity index is 2.63. The summed E-state index contributed by atoms with van der Waals surface area (Å²) in [5.41, 5.74) is 5.87. The number of halogens is 1. The van der Waals surface area contributed by atoms with Crippen LogP contribution < -0.4 is 10.5 Å². The van der Waals surface area contributed by atoms with E-state index in [1.54, 1.807) is 0 Å². The Hall–Kier alpha value is -0.870. The van der Waals surface area contributed by atoms with Crippen LogP contribution in [0.4, 0.5) is 5.69 Å². The molecule has 0 aliphatic carbocycles. The fourth-order valence-electron chi connectivity index (χ4n) is 1.14. The summed E-state index contributed by atoms with van der Waals surface area (Å²) in [5.74, 6) is 3.65. The van der Waals surface area contributed by atoms with Crippen molar-refractivity contribution in [3.63, 3.8) is 0 Å². The molecule has 0 spiro atoms. The molecule has 0 saturated heterocycles. The fraction of sp³-hybridized carbons (Fsp3) is 0.273. The van der Waals surface area contributed by atoms with E-state index in [1.165, 1.54) is 30.0 Å². The Morgan fingerprint density at radius 1 is 1.50 bits per heavy atom. The summed E-state index contributed by atoms with van der Waals surface area (Å²) in [6.45, 7) is 0.316. The first-order valence-electron chi connectivity index (χ1n) is 5.03. The van der Waals surface area contributed by atoms with Crippen LogP contribution in [0.1, 0.15) is 0 Å². The number of benzene rings is 1. The summed E-state index contributed by atoms with van der Waals surface area (Å²) in [7, 11) is -3.54. The second-order valence-corrected chi connectivity index (χ2v) is 6.62. The molecule has 0 atom stereocenters. The van der Waals surface area contributed by atoms with Crippen molar-refractivity contribution in [3.8, 4) is 12.3 Å². The molecule has 98 valence electrons. The molecule has 0 aromatic heterocycles. The third kappa shape index (κ3) is 4.42. The fourth-order valence-corrected chi connectivity index (χ4v) is 3.08. The zero-order valence-electron chi connectivity index (χ0n) is 9.52. The van der Waals surface area contributed by atoms with Gasteiger partial charge in [-0.2, -0.15) is 0 Å². The van der Waals surface area contributed by atoms with Gasteiger partial charge in [0.15, 0.2) is 0 Å². The zero-order valence-corrected chi connectivity index (χ0v) is 11.9. The van der Waals surface area contributed by atoms with Crippen molar-refractivity contribution >= 4 is 39.1 Å². The molecule has 3 N–H and O–H groups in total. The first kappa shape index (κ1) is 15.2. The molecule has 1 aromatic carbocycles. The van der Waals surface area contributed by atoms with Crippen LogP contribution in [0.2, 0.25) is 5.02 Å².